The SMILES string of the molecule is Cc1ccccc1C(=O)Nc1ccc(C(=O)N2CCCC(CN)c3ccccc32)cc1. The molecular weight excluding hydrogens is 386 g/mol. The van der Waals surface area contributed by atoms with Crippen LogP contribution in [0.3, 0.4) is 0 Å². The van der Waals surface area contributed by atoms with Gasteiger partial charge in [-0.15, -0.1) is 0 Å². The average molecular weight is 414 g/mol. The second-order valence-corrected chi connectivity index (χ2v) is 7.94. The van der Waals surface area contributed by atoms with Crippen molar-refractivity contribution in [1.29, 1.82) is 0 Å². The predicted molar refractivity (Wildman–Crippen MR) is 125 cm³/mol. The number of carbonyl (C=O) groups is 2. The number of carbonyl (C=O) groups excluding carboxylic acids is 2. The van der Waals surface area contributed by atoms with E-state index >= 15 is 0 Å². The van der Waals surface area contributed by atoms with Gasteiger partial charge in [0.2, 0.25) is 0 Å². The van der Waals surface area contributed by atoms with Gasteiger partial charge in [-0.2, -0.15) is 0 Å². The Balaban J connectivity index is 1.53. The predicted octanol–water partition coefficient (Wildman–Crippen LogP) is 4.73. The Morgan fingerprint density at radius 1 is 1.00 bits per heavy atom. The van der Waals surface area contributed by atoms with E-state index in [4.69, 9.17) is 5.73 Å². The third kappa shape index (κ3) is 4.37. The molecule has 1 unspecified atom stereocenters. The Morgan fingerprint density at radius 2 is 1.71 bits per heavy atom. The van der Waals surface area contributed by atoms with Gasteiger partial charge in [0.1, 0.15) is 0 Å². The number of amides is 2. The highest BCUT2D eigenvalue weighted by molar-refractivity contribution is 6.08. The Hall–Kier alpha value is -3.44. The van der Waals surface area contributed by atoms with Crippen molar-refractivity contribution in [3.63, 3.8) is 0 Å². The van der Waals surface area contributed by atoms with E-state index in [0.717, 1.165) is 29.7 Å². The van der Waals surface area contributed by atoms with Crippen molar-refractivity contribution in [2.75, 3.05) is 23.3 Å². The number of nitrogens with zero attached hydrogens (tertiary/aromatic N) is 1. The number of nitrogens with two attached hydrogens (primary N) is 1. The standard InChI is InChI=1S/C26H27N3O2/c1-18-7-2-3-9-22(18)25(30)28-21-14-12-19(13-15-21)26(31)29-16-6-8-20(17-27)23-10-4-5-11-24(23)29/h2-5,7,9-15,20H,6,8,16-17,27H2,1H3,(H,28,30). The van der Waals surface area contributed by atoms with Crippen LogP contribution in [0.1, 0.15) is 50.6 Å². The zero-order chi connectivity index (χ0) is 21.8. The maximum atomic E-state index is 13.3. The summed E-state index contributed by atoms with van der Waals surface area (Å²) in [4.78, 5) is 27.7. The molecule has 1 atom stereocenters. The van der Waals surface area contributed by atoms with Crippen LogP contribution in [0.4, 0.5) is 11.4 Å². The van der Waals surface area contributed by atoms with Crippen molar-refractivity contribution in [1.82, 2.24) is 0 Å². The van der Waals surface area contributed by atoms with Gasteiger partial charge in [-0.3, -0.25) is 9.59 Å². The second-order valence-electron chi connectivity index (χ2n) is 7.94. The summed E-state index contributed by atoms with van der Waals surface area (Å²) in [7, 11) is 0. The maximum Gasteiger partial charge on any atom is 0.258 e. The molecule has 158 valence electrons. The molecule has 0 saturated carbocycles. The van der Waals surface area contributed by atoms with E-state index in [2.05, 4.69) is 11.4 Å². The largest absolute Gasteiger partial charge is 0.330 e. The molecule has 0 bridgehead atoms. The molecule has 0 aromatic heterocycles. The lowest BCUT2D eigenvalue weighted by Gasteiger charge is -2.24. The number of anilines is 2. The number of para-hydroxylation sites is 1. The van der Waals surface area contributed by atoms with Gasteiger partial charge in [0.15, 0.2) is 0 Å². The fourth-order valence-electron chi connectivity index (χ4n) is 4.18. The van der Waals surface area contributed by atoms with Crippen LogP contribution in [0.2, 0.25) is 0 Å². The summed E-state index contributed by atoms with van der Waals surface area (Å²) in [5.41, 5.74) is 10.9. The van der Waals surface area contributed by atoms with E-state index in [1.807, 2.05) is 48.2 Å². The van der Waals surface area contributed by atoms with Gasteiger partial charge < -0.3 is 16.0 Å². The quantitative estimate of drug-likeness (QED) is 0.649. The fraction of sp³-hybridized carbons (Fsp3) is 0.231. The molecule has 3 N–H and O–H groups in total. The van der Waals surface area contributed by atoms with E-state index in [1.54, 1.807) is 30.3 Å². The zero-order valence-corrected chi connectivity index (χ0v) is 17.7. The Morgan fingerprint density at radius 3 is 2.45 bits per heavy atom. The molecule has 5 heteroatoms. The summed E-state index contributed by atoms with van der Waals surface area (Å²) >= 11 is 0. The second kappa shape index (κ2) is 9.14. The highest BCUT2D eigenvalue weighted by atomic mass is 16.2. The lowest BCUT2D eigenvalue weighted by molar-refractivity contribution is 0.0985. The number of benzene rings is 3. The number of rotatable bonds is 4. The molecule has 0 aliphatic carbocycles. The smallest absolute Gasteiger partial charge is 0.258 e. The lowest BCUT2D eigenvalue weighted by Crippen LogP contribution is -2.31. The minimum Gasteiger partial charge on any atom is -0.330 e. The van der Waals surface area contributed by atoms with Crippen LogP contribution in [-0.4, -0.2) is 24.9 Å². The highest BCUT2D eigenvalue weighted by Crippen LogP contribution is 2.34. The van der Waals surface area contributed by atoms with Crippen LogP contribution in [0.15, 0.2) is 72.8 Å². The normalized spacial score (nSPS) is 15.7. The number of nitrogens with one attached hydrogen (secondary N) is 1. The third-order valence-electron chi connectivity index (χ3n) is 5.91. The van der Waals surface area contributed by atoms with Crippen LogP contribution >= 0.6 is 0 Å². The molecule has 0 spiro atoms. The van der Waals surface area contributed by atoms with E-state index in [1.165, 1.54) is 0 Å². The molecule has 1 heterocycles. The summed E-state index contributed by atoms with van der Waals surface area (Å²) in [6.45, 7) is 3.15. The molecular formula is C26H27N3O2. The number of aryl methyl sites for hydroxylation is 1. The van der Waals surface area contributed by atoms with E-state index in [0.29, 0.717) is 29.9 Å². The van der Waals surface area contributed by atoms with Gasteiger partial charge in [0.05, 0.1) is 0 Å². The van der Waals surface area contributed by atoms with E-state index in [9.17, 15) is 9.59 Å². The van der Waals surface area contributed by atoms with Crippen LogP contribution in [0, 0.1) is 6.92 Å². The van der Waals surface area contributed by atoms with E-state index in [-0.39, 0.29) is 17.7 Å². The summed E-state index contributed by atoms with van der Waals surface area (Å²) in [5, 5.41) is 2.91. The van der Waals surface area contributed by atoms with Gasteiger partial charge in [0, 0.05) is 29.0 Å². The molecule has 1 aliphatic rings. The van der Waals surface area contributed by atoms with Crippen LogP contribution in [0.5, 0.6) is 0 Å². The van der Waals surface area contributed by atoms with E-state index < -0.39 is 0 Å². The molecule has 0 fully saturated rings. The van der Waals surface area contributed by atoms with Gasteiger partial charge in [-0.25, -0.2) is 0 Å². The topological polar surface area (TPSA) is 75.4 Å². The Bertz CT molecular complexity index is 1090. The Labute approximate surface area is 182 Å². The molecule has 4 rings (SSSR count). The van der Waals surface area contributed by atoms with Crippen LogP contribution < -0.4 is 16.0 Å². The minimum atomic E-state index is -0.161. The zero-order valence-electron chi connectivity index (χ0n) is 17.7. The minimum absolute atomic E-state index is 0.0399. The first kappa shape index (κ1) is 20.8. The first-order valence-corrected chi connectivity index (χ1v) is 10.7. The van der Waals surface area contributed by atoms with Crippen molar-refractivity contribution in [3.05, 3.63) is 95.1 Å². The highest BCUT2D eigenvalue weighted by Gasteiger charge is 2.26. The van der Waals surface area contributed by atoms with Gasteiger partial charge in [-0.1, -0.05) is 36.4 Å². The van der Waals surface area contributed by atoms with Gasteiger partial charge in [-0.05, 0) is 79.8 Å². The third-order valence-corrected chi connectivity index (χ3v) is 5.91. The lowest BCUT2D eigenvalue weighted by atomic mass is 9.94. The summed E-state index contributed by atoms with van der Waals surface area (Å²) in [6.07, 6.45) is 1.88. The van der Waals surface area contributed by atoms with Crippen molar-refractivity contribution >= 4 is 23.2 Å². The molecule has 31 heavy (non-hydrogen) atoms. The monoisotopic (exact) mass is 413 g/mol. The number of hydrogen-bond donors (Lipinski definition) is 2. The molecule has 0 radical (unpaired) electrons. The molecule has 5 nitrogen and oxygen atoms in total. The number of fused-ring (bicyclic) bond motifs is 1. The van der Waals surface area contributed by atoms with Crippen molar-refractivity contribution < 1.29 is 9.59 Å². The first-order valence-electron chi connectivity index (χ1n) is 10.7. The summed E-state index contributed by atoms with van der Waals surface area (Å²) in [6, 6.07) is 22.6. The molecule has 2 amide bonds. The fourth-order valence-corrected chi connectivity index (χ4v) is 4.18. The van der Waals surface area contributed by atoms with Gasteiger partial charge in [0.25, 0.3) is 11.8 Å². The molecule has 0 saturated heterocycles. The molecule has 3 aromatic rings. The maximum absolute atomic E-state index is 13.3. The molecule has 3 aromatic carbocycles. The summed E-state index contributed by atoms with van der Waals surface area (Å²) < 4.78 is 0. The first-order chi connectivity index (χ1) is 15.1. The summed E-state index contributed by atoms with van der Waals surface area (Å²) in [5.74, 6) is 0.0707. The van der Waals surface area contributed by atoms with Crippen molar-refractivity contribution in [2.45, 2.75) is 25.7 Å². The molecule has 1 aliphatic heterocycles. The van der Waals surface area contributed by atoms with Crippen molar-refractivity contribution in [3.8, 4) is 0 Å². The number of hydrogen-bond acceptors (Lipinski definition) is 3. The average Bonchev–Trinajstić information content (AvgIpc) is 2.99. The Kier molecular flexibility index (Phi) is 6.14. The van der Waals surface area contributed by atoms with Crippen LogP contribution in [0.25, 0.3) is 0 Å². The van der Waals surface area contributed by atoms with Gasteiger partial charge >= 0.3 is 0 Å². The van der Waals surface area contributed by atoms with Crippen LogP contribution in [-0.2, 0) is 0 Å². The van der Waals surface area contributed by atoms with Crippen molar-refractivity contribution in [2.24, 2.45) is 5.73 Å².